The Labute approximate surface area is 225 Å². The number of amides is 1. The summed E-state index contributed by atoms with van der Waals surface area (Å²) in [7, 11) is 1.58. The molecule has 8 heteroatoms. The van der Waals surface area contributed by atoms with E-state index in [2.05, 4.69) is 10.3 Å². The summed E-state index contributed by atoms with van der Waals surface area (Å²) >= 11 is 7.30. The quantitative estimate of drug-likeness (QED) is 0.213. The van der Waals surface area contributed by atoms with Crippen LogP contribution in [0.1, 0.15) is 25.0 Å². The number of aromatic nitrogens is 1. The van der Waals surface area contributed by atoms with Gasteiger partial charge in [-0.3, -0.25) is 10.1 Å². The number of rotatable bonds is 10. The highest BCUT2D eigenvalue weighted by Gasteiger charge is 2.09. The zero-order valence-corrected chi connectivity index (χ0v) is 22.3. The summed E-state index contributed by atoms with van der Waals surface area (Å²) in [5.74, 6) is 1.72. The van der Waals surface area contributed by atoms with Crippen molar-refractivity contribution >= 4 is 40.1 Å². The number of halogens is 1. The molecule has 4 rings (SSSR count). The van der Waals surface area contributed by atoms with Gasteiger partial charge in [-0.2, -0.15) is 0 Å². The lowest BCUT2D eigenvalue weighted by Crippen LogP contribution is -2.07. The molecule has 6 nitrogen and oxygen atoms in total. The van der Waals surface area contributed by atoms with Crippen LogP contribution in [-0.2, 0) is 11.4 Å². The van der Waals surface area contributed by atoms with E-state index in [9.17, 15) is 4.79 Å². The first-order valence-electron chi connectivity index (χ1n) is 11.7. The molecule has 0 aliphatic rings. The van der Waals surface area contributed by atoms with E-state index in [1.165, 1.54) is 17.4 Å². The van der Waals surface area contributed by atoms with Crippen LogP contribution in [0, 0.1) is 0 Å². The van der Waals surface area contributed by atoms with Crippen LogP contribution in [-0.4, -0.2) is 24.1 Å². The van der Waals surface area contributed by atoms with Gasteiger partial charge in [0.15, 0.2) is 16.6 Å². The van der Waals surface area contributed by atoms with Crippen molar-refractivity contribution in [1.82, 2.24) is 4.98 Å². The van der Waals surface area contributed by atoms with Crippen molar-refractivity contribution in [2.45, 2.75) is 26.6 Å². The number of benzene rings is 3. The molecule has 1 heterocycles. The molecule has 1 N–H and O–H groups in total. The van der Waals surface area contributed by atoms with Gasteiger partial charge >= 0.3 is 0 Å². The number of thiazole rings is 1. The van der Waals surface area contributed by atoms with Gasteiger partial charge in [0.1, 0.15) is 12.4 Å². The largest absolute Gasteiger partial charge is 0.493 e. The summed E-state index contributed by atoms with van der Waals surface area (Å²) in [5.41, 5.74) is 3.54. The molecule has 1 aromatic heterocycles. The van der Waals surface area contributed by atoms with E-state index in [-0.39, 0.29) is 12.0 Å². The summed E-state index contributed by atoms with van der Waals surface area (Å²) in [4.78, 5) is 17.0. The van der Waals surface area contributed by atoms with E-state index in [0.29, 0.717) is 28.3 Å². The number of carbonyl (C=O) groups excluding carboxylic acids is 1. The third kappa shape index (κ3) is 7.59. The second kappa shape index (κ2) is 12.4. The van der Waals surface area contributed by atoms with Gasteiger partial charge < -0.3 is 14.2 Å². The first kappa shape index (κ1) is 26.3. The zero-order valence-electron chi connectivity index (χ0n) is 20.7. The maximum Gasteiger partial charge on any atom is 0.250 e. The lowest BCUT2D eigenvalue weighted by Gasteiger charge is -2.11. The molecule has 190 valence electrons. The monoisotopic (exact) mass is 534 g/mol. The van der Waals surface area contributed by atoms with Crippen LogP contribution in [0.25, 0.3) is 17.3 Å². The summed E-state index contributed by atoms with van der Waals surface area (Å²) in [6.07, 6.45) is 3.29. The van der Waals surface area contributed by atoms with Crippen LogP contribution in [0.15, 0.2) is 78.2 Å². The Morgan fingerprint density at radius 1 is 1.05 bits per heavy atom. The Morgan fingerprint density at radius 3 is 2.51 bits per heavy atom. The number of carbonyl (C=O) groups is 1. The van der Waals surface area contributed by atoms with Gasteiger partial charge in [-0.1, -0.05) is 29.8 Å². The van der Waals surface area contributed by atoms with E-state index >= 15 is 0 Å². The molecule has 1 amide bonds. The molecule has 0 aliphatic heterocycles. The SMILES string of the molecule is COc1cc(C=CC(=O)Nc2nc(-c3ccc(OC(C)C)cc3)cs2)ccc1OCc1ccc(Cl)cc1. The molecule has 0 aliphatic carbocycles. The van der Waals surface area contributed by atoms with Crippen LogP contribution < -0.4 is 19.5 Å². The molecule has 0 atom stereocenters. The highest BCUT2D eigenvalue weighted by atomic mass is 35.5. The van der Waals surface area contributed by atoms with E-state index in [1.54, 1.807) is 13.2 Å². The highest BCUT2D eigenvalue weighted by molar-refractivity contribution is 7.14. The predicted octanol–water partition coefficient (Wildman–Crippen LogP) is 7.49. The number of anilines is 1. The lowest BCUT2D eigenvalue weighted by molar-refractivity contribution is -0.111. The van der Waals surface area contributed by atoms with Crippen molar-refractivity contribution in [3.63, 3.8) is 0 Å². The van der Waals surface area contributed by atoms with Crippen LogP contribution in [0.4, 0.5) is 5.13 Å². The smallest absolute Gasteiger partial charge is 0.250 e. The molecule has 3 aromatic carbocycles. The third-order valence-corrected chi connectivity index (χ3v) is 6.19. The van der Waals surface area contributed by atoms with Gasteiger partial charge in [0.05, 0.1) is 18.9 Å². The van der Waals surface area contributed by atoms with E-state index < -0.39 is 0 Å². The zero-order chi connectivity index (χ0) is 26.2. The first-order chi connectivity index (χ1) is 17.9. The first-order valence-corrected chi connectivity index (χ1v) is 12.9. The predicted molar refractivity (Wildman–Crippen MR) is 150 cm³/mol. The van der Waals surface area contributed by atoms with E-state index in [4.69, 9.17) is 25.8 Å². The lowest BCUT2D eigenvalue weighted by atomic mass is 10.2. The molecule has 4 aromatic rings. The Kier molecular flexibility index (Phi) is 8.82. The standard InChI is InChI=1S/C29H27ClN2O4S/c1-19(2)36-24-12-8-22(9-13-24)25-18-37-29(31-25)32-28(33)15-7-20-6-14-26(27(16-20)34-3)35-17-21-4-10-23(30)11-5-21/h4-16,18-19H,17H2,1-3H3,(H,31,32,33). The van der Waals surface area contributed by atoms with Crippen molar-refractivity contribution < 1.29 is 19.0 Å². The molecule has 0 saturated carbocycles. The highest BCUT2D eigenvalue weighted by Crippen LogP contribution is 2.30. The van der Waals surface area contributed by atoms with Gasteiger partial charge in [0.25, 0.3) is 0 Å². The van der Waals surface area contributed by atoms with Crippen LogP contribution in [0.3, 0.4) is 0 Å². The minimum Gasteiger partial charge on any atom is -0.493 e. The average molecular weight is 535 g/mol. The number of ether oxygens (including phenoxy) is 3. The van der Waals surface area contributed by atoms with Crippen LogP contribution >= 0.6 is 22.9 Å². The number of methoxy groups -OCH3 is 1. The maximum atomic E-state index is 12.5. The fraction of sp³-hybridized carbons (Fsp3) is 0.172. The molecule has 0 fully saturated rings. The van der Waals surface area contributed by atoms with Gasteiger partial charge in [-0.15, -0.1) is 11.3 Å². The Bertz CT molecular complexity index is 1370. The molecule has 0 saturated heterocycles. The topological polar surface area (TPSA) is 69.7 Å². The molecule has 37 heavy (non-hydrogen) atoms. The molecule has 0 bridgehead atoms. The Hall–Kier alpha value is -3.81. The number of nitrogens with zero attached hydrogens (tertiary/aromatic N) is 1. The number of hydrogen-bond donors (Lipinski definition) is 1. The van der Waals surface area contributed by atoms with Crippen LogP contribution in [0.5, 0.6) is 17.2 Å². The number of nitrogens with one attached hydrogen (secondary N) is 1. The molecule has 0 unspecified atom stereocenters. The average Bonchev–Trinajstić information content (AvgIpc) is 3.35. The van der Waals surface area contributed by atoms with Crippen molar-refractivity contribution in [3.8, 4) is 28.5 Å². The fourth-order valence-corrected chi connectivity index (χ4v) is 4.26. The third-order valence-electron chi connectivity index (χ3n) is 5.18. The van der Waals surface area contributed by atoms with Crippen molar-refractivity contribution in [2.24, 2.45) is 0 Å². The second-order valence-corrected chi connectivity index (χ2v) is 9.67. The number of hydrogen-bond acceptors (Lipinski definition) is 6. The molecular formula is C29H27ClN2O4S. The van der Waals surface area contributed by atoms with E-state index in [1.807, 2.05) is 86.0 Å². The maximum absolute atomic E-state index is 12.5. The minimum absolute atomic E-state index is 0.118. The Morgan fingerprint density at radius 2 is 1.81 bits per heavy atom. The second-order valence-electron chi connectivity index (χ2n) is 8.38. The van der Waals surface area contributed by atoms with Gasteiger partial charge in [0.2, 0.25) is 5.91 Å². The van der Waals surface area contributed by atoms with Gasteiger partial charge in [0, 0.05) is 22.0 Å². The normalized spacial score (nSPS) is 11.1. The van der Waals surface area contributed by atoms with E-state index in [0.717, 1.165) is 28.1 Å². The van der Waals surface area contributed by atoms with Crippen LogP contribution in [0.2, 0.25) is 5.02 Å². The van der Waals surface area contributed by atoms with Crippen molar-refractivity contribution in [2.75, 3.05) is 12.4 Å². The molecule has 0 spiro atoms. The summed E-state index contributed by atoms with van der Waals surface area (Å²) < 4.78 is 17.0. The van der Waals surface area contributed by atoms with Gasteiger partial charge in [-0.25, -0.2) is 4.98 Å². The Balaban J connectivity index is 1.34. The van der Waals surface area contributed by atoms with Crippen molar-refractivity contribution in [1.29, 1.82) is 0 Å². The minimum atomic E-state index is -0.274. The fourth-order valence-electron chi connectivity index (χ4n) is 3.41. The summed E-state index contributed by atoms with van der Waals surface area (Å²) in [6, 6.07) is 20.7. The molecule has 0 radical (unpaired) electrons. The summed E-state index contributed by atoms with van der Waals surface area (Å²) in [5, 5.41) is 5.93. The van der Waals surface area contributed by atoms with Crippen molar-refractivity contribution in [3.05, 3.63) is 94.3 Å². The summed E-state index contributed by atoms with van der Waals surface area (Å²) in [6.45, 7) is 4.36. The van der Waals surface area contributed by atoms with Gasteiger partial charge in [-0.05, 0) is 79.6 Å². The molecular weight excluding hydrogens is 508 g/mol.